The topological polar surface area (TPSA) is 51.5 Å². The number of methoxy groups -OCH3 is 2. The molecule has 0 aliphatic rings. The Morgan fingerprint density at radius 2 is 1.78 bits per heavy atom. The molecule has 0 unspecified atom stereocenters. The number of nitrogens with zero attached hydrogens (tertiary/aromatic N) is 1. The van der Waals surface area contributed by atoms with Crippen LogP contribution in [0.25, 0.3) is 0 Å². The summed E-state index contributed by atoms with van der Waals surface area (Å²) in [6, 6.07) is 5.73. The molecule has 4 heteroatoms. The van der Waals surface area contributed by atoms with Crippen LogP contribution >= 0.6 is 0 Å². The predicted molar refractivity (Wildman–Crippen MR) is 69.3 cm³/mol. The van der Waals surface area contributed by atoms with E-state index in [1.807, 2.05) is 12.1 Å². The minimum Gasteiger partial charge on any atom is -0.493 e. The average molecular weight is 249 g/mol. The SMILES string of the molecule is CCCCOc1c(OC)cc(CC#N)cc1OC. The molecule has 98 valence electrons. The molecule has 0 atom stereocenters. The van der Waals surface area contributed by atoms with E-state index in [1.54, 1.807) is 14.2 Å². The van der Waals surface area contributed by atoms with Crippen molar-refractivity contribution < 1.29 is 14.2 Å². The summed E-state index contributed by atoms with van der Waals surface area (Å²) in [5.41, 5.74) is 0.856. The molecule has 0 saturated carbocycles. The van der Waals surface area contributed by atoms with Crippen LogP contribution in [0.5, 0.6) is 17.2 Å². The highest BCUT2D eigenvalue weighted by atomic mass is 16.5. The second-order valence-electron chi connectivity index (χ2n) is 3.87. The van der Waals surface area contributed by atoms with Crippen molar-refractivity contribution in [3.8, 4) is 23.3 Å². The smallest absolute Gasteiger partial charge is 0.203 e. The quantitative estimate of drug-likeness (QED) is 0.697. The fourth-order valence-electron chi connectivity index (χ4n) is 1.59. The van der Waals surface area contributed by atoms with Gasteiger partial charge in [0.25, 0.3) is 0 Å². The molecule has 0 aromatic heterocycles. The van der Waals surface area contributed by atoms with Gasteiger partial charge in [0.1, 0.15) is 0 Å². The molecule has 0 saturated heterocycles. The Kier molecular flexibility index (Phi) is 5.86. The zero-order valence-electron chi connectivity index (χ0n) is 11.2. The number of hydrogen-bond donors (Lipinski definition) is 0. The molecule has 4 nitrogen and oxygen atoms in total. The van der Waals surface area contributed by atoms with Gasteiger partial charge in [-0.2, -0.15) is 5.26 Å². The summed E-state index contributed by atoms with van der Waals surface area (Å²) < 4.78 is 16.3. The van der Waals surface area contributed by atoms with Crippen LogP contribution in [-0.4, -0.2) is 20.8 Å². The van der Waals surface area contributed by atoms with Gasteiger partial charge in [-0.1, -0.05) is 13.3 Å². The average Bonchev–Trinajstić information content (AvgIpc) is 2.40. The van der Waals surface area contributed by atoms with Crippen molar-refractivity contribution >= 4 is 0 Å². The summed E-state index contributed by atoms with van der Waals surface area (Å²) in [4.78, 5) is 0. The molecule has 0 heterocycles. The molecule has 0 aliphatic heterocycles. The Balaban J connectivity index is 3.01. The Labute approximate surface area is 108 Å². The monoisotopic (exact) mass is 249 g/mol. The van der Waals surface area contributed by atoms with Gasteiger partial charge < -0.3 is 14.2 Å². The van der Waals surface area contributed by atoms with Crippen molar-refractivity contribution in [2.75, 3.05) is 20.8 Å². The van der Waals surface area contributed by atoms with E-state index in [0.717, 1.165) is 18.4 Å². The van der Waals surface area contributed by atoms with Gasteiger partial charge in [0.15, 0.2) is 11.5 Å². The minimum absolute atomic E-state index is 0.321. The van der Waals surface area contributed by atoms with Crippen molar-refractivity contribution in [3.05, 3.63) is 17.7 Å². The first kappa shape index (κ1) is 14.2. The standard InChI is InChI=1S/C14H19NO3/c1-4-5-8-18-14-12(16-2)9-11(6-7-15)10-13(14)17-3/h9-10H,4-6,8H2,1-3H3. The molecule has 1 aromatic rings. The largest absolute Gasteiger partial charge is 0.493 e. The normalized spacial score (nSPS) is 9.67. The van der Waals surface area contributed by atoms with Crippen molar-refractivity contribution in [3.63, 3.8) is 0 Å². The molecule has 0 spiro atoms. The highest BCUT2D eigenvalue weighted by molar-refractivity contribution is 5.54. The zero-order valence-corrected chi connectivity index (χ0v) is 11.2. The Hall–Kier alpha value is -1.89. The molecular weight excluding hydrogens is 230 g/mol. The summed E-state index contributed by atoms with van der Waals surface area (Å²) >= 11 is 0. The van der Waals surface area contributed by atoms with Gasteiger partial charge in [-0.3, -0.25) is 0 Å². The number of ether oxygens (including phenoxy) is 3. The summed E-state index contributed by atoms with van der Waals surface area (Å²) in [6.45, 7) is 2.73. The summed E-state index contributed by atoms with van der Waals surface area (Å²) in [5, 5.41) is 8.73. The number of benzene rings is 1. The molecule has 0 amide bonds. The Morgan fingerprint density at radius 3 is 2.22 bits per heavy atom. The van der Waals surface area contributed by atoms with Crippen LogP contribution in [0.2, 0.25) is 0 Å². The lowest BCUT2D eigenvalue weighted by Gasteiger charge is -2.15. The zero-order chi connectivity index (χ0) is 13.4. The minimum atomic E-state index is 0.321. The summed E-state index contributed by atoms with van der Waals surface area (Å²) in [5.74, 6) is 1.82. The third-order valence-corrected chi connectivity index (χ3v) is 2.55. The molecule has 0 aliphatic carbocycles. The van der Waals surface area contributed by atoms with Gasteiger partial charge in [0.05, 0.1) is 33.3 Å². The van der Waals surface area contributed by atoms with Crippen LogP contribution in [-0.2, 0) is 6.42 Å². The van der Waals surface area contributed by atoms with E-state index in [4.69, 9.17) is 19.5 Å². The molecule has 1 rings (SSSR count). The van der Waals surface area contributed by atoms with E-state index in [1.165, 1.54) is 0 Å². The molecule has 18 heavy (non-hydrogen) atoms. The fraction of sp³-hybridized carbons (Fsp3) is 0.500. The lowest BCUT2D eigenvalue weighted by molar-refractivity contribution is 0.269. The van der Waals surface area contributed by atoms with Crippen LogP contribution < -0.4 is 14.2 Å². The fourth-order valence-corrected chi connectivity index (χ4v) is 1.59. The molecule has 0 fully saturated rings. The van der Waals surface area contributed by atoms with Crippen LogP contribution in [0.1, 0.15) is 25.3 Å². The molecule has 0 radical (unpaired) electrons. The number of hydrogen-bond acceptors (Lipinski definition) is 4. The maximum Gasteiger partial charge on any atom is 0.203 e. The first-order chi connectivity index (χ1) is 8.76. The van der Waals surface area contributed by atoms with Gasteiger partial charge in [-0.25, -0.2) is 0 Å². The maximum absolute atomic E-state index is 8.73. The van der Waals surface area contributed by atoms with E-state index in [-0.39, 0.29) is 0 Å². The second kappa shape index (κ2) is 7.44. The summed E-state index contributed by atoms with van der Waals surface area (Å²) in [7, 11) is 3.16. The van der Waals surface area contributed by atoms with E-state index >= 15 is 0 Å². The van der Waals surface area contributed by atoms with Crippen molar-refractivity contribution in [2.24, 2.45) is 0 Å². The van der Waals surface area contributed by atoms with Gasteiger partial charge in [-0.05, 0) is 24.1 Å². The van der Waals surface area contributed by atoms with Crippen LogP contribution in [0.4, 0.5) is 0 Å². The first-order valence-electron chi connectivity index (χ1n) is 6.01. The van der Waals surface area contributed by atoms with E-state index in [0.29, 0.717) is 30.3 Å². The number of nitriles is 1. The van der Waals surface area contributed by atoms with Crippen LogP contribution in [0.3, 0.4) is 0 Å². The van der Waals surface area contributed by atoms with Gasteiger partial charge in [0, 0.05) is 0 Å². The van der Waals surface area contributed by atoms with Gasteiger partial charge in [0.2, 0.25) is 5.75 Å². The Morgan fingerprint density at radius 1 is 1.17 bits per heavy atom. The molecule has 0 N–H and O–H groups in total. The molecule has 1 aromatic carbocycles. The van der Waals surface area contributed by atoms with Gasteiger partial charge >= 0.3 is 0 Å². The van der Waals surface area contributed by atoms with Crippen molar-refractivity contribution in [2.45, 2.75) is 26.2 Å². The molecular formula is C14H19NO3. The van der Waals surface area contributed by atoms with E-state index < -0.39 is 0 Å². The highest BCUT2D eigenvalue weighted by Gasteiger charge is 2.13. The van der Waals surface area contributed by atoms with Crippen molar-refractivity contribution in [1.29, 1.82) is 5.26 Å². The third-order valence-electron chi connectivity index (χ3n) is 2.55. The van der Waals surface area contributed by atoms with Crippen LogP contribution in [0.15, 0.2) is 12.1 Å². The highest BCUT2D eigenvalue weighted by Crippen LogP contribution is 2.38. The lowest BCUT2D eigenvalue weighted by atomic mass is 10.1. The van der Waals surface area contributed by atoms with E-state index in [2.05, 4.69) is 13.0 Å². The first-order valence-corrected chi connectivity index (χ1v) is 6.01. The summed E-state index contributed by atoms with van der Waals surface area (Å²) in [6.07, 6.45) is 2.37. The number of unbranched alkanes of at least 4 members (excludes halogenated alkanes) is 1. The van der Waals surface area contributed by atoms with Gasteiger partial charge in [-0.15, -0.1) is 0 Å². The van der Waals surface area contributed by atoms with Crippen LogP contribution in [0, 0.1) is 11.3 Å². The lowest BCUT2D eigenvalue weighted by Crippen LogP contribution is -2.02. The number of rotatable bonds is 7. The maximum atomic E-state index is 8.73. The van der Waals surface area contributed by atoms with Crippen molar-refractivity contribution in [1.82, 2.24) is 0 Å². The van der Waals surface area contributed by atoms with E-state index in [9.17, 15) is 0 Å². The predicted octanol–water partition coefficient (Wildman–Crippen LogP) is 2.95. The molecule has 0 bridgehead atoms. The Bertz CT molecular complexity index is 399. The second-order valence-corrected chi connectivity index (χ2v) is 3.87. The third kappa shape index (κ3) is 3.56.